The summed E-state index contributed by atoms with van der Waals surface area (Å²) in [7, 11) is 0. The first kappa shape index (κ1) is 13.5. The molecule has 1 aromatic rings. The molecule has 0 atom stereocenters. The maximum atomic E-state index is 11.5. The van der Waals surface area contributed by atoms with E-state index < -0.39 is 0 Å². The van der Waals surface area contributed by atoms with E-state index in [-0.39, 0.29) is 5.91 Å². The van der Waals surface area contributed by atoms with Crippen LogP contribution in [0.25, 0.3) is 0 Å². The number of amides is 1. The average Bonchev–Trinajstić information content (AvgIpc) is 2.76. The van der Waals surface area contributed by atoms with Crippen molar-refractivity contribution in [1.29, 1.82) is 0 Å². The Morgan fingerprint density at radius 3 is 2.81 bits per heavy atom. The van der Waals surface area contributed by atoms with Gasteiger partial charge in [-0.25, -0.2) is 0 Å². The molecule has 2 nitrogen and oxygen atoms in total. The fraction of sp³-hybridized carbons (Fsp3) is 0.583. The van der Waals surface area contributed by atoms with Crippen molar-refractivity contribution in [2.45, 2.75) is 32.1 Å². The summed E-state index contributed by atoms with van der Waals surface area (Å²) in [5.41, 5.74) is 1.10. The molecule has 1 N–H and O–H groups in total. The number of hydrogen-bond donors (Lipinski definition) is 1. The lowest BCUT2D eigenvalue weighted by Crippen LogP contribution is -2.25. The van der Waals surface area contributed by atoms with Crippen LogP contribution in [0, 0.1) is 0 Å². The molecule has 90 valence electrons. The van der Waals surface area contributed by atoms with E-state index in [1.165, 1.54) is 0 Å². The Labute approximate surface area is 106 Å². The quantitative estimate of drug-likeness (QED) is 0.564. The minimum absolute atomic E-state index is 0.121. The van der Waals surface area contributed by atoms with Crippen LogP contribution in [0.4, 0.5) is 0 Å². The van der Waals surface area contributed by atoms with Gasteiger partial charge in [0, 0.05) is 12.4 Å². The van der Waals surface area contributed by atoms with E-state index in [1.807, 2.05) is 16.8 Å². The van der Waals surface area contributed by atoms with Crippen LogP contribution >= 0.6 is 22.9 Å². The van der Waals surface area contributed by atoms with E-state index in [2.05, 4.69) is 5.32 Å². The van der Waals surface area contributed by atoms with Crippen molar-refractivity contribution < 1.29 is 4.79 Å². The van der Waals surface area contributed by atoms with Gasteiger partial charge in [0.2, 0.25) is 5.91 Å². The van der Waals surface area contributed by atoms with Crippen LogP contribution in [0.1, 0.15) is 31.2 Å². The second-order valence-corrected chi connectivity index (χ2v) is 4.92. The normalized spacial score (nSPS) is 10.3. The predicted molar refractivity (Wildman–Crippen MR) is 70.2 cm³/mol. The van der Waals surface area contributed by atoms with Crippen molar-refractivity contribution in [2.75, 3.05) is 12.4 Å². The fourth-order valence-electron chi connectivity index (χ4n) is 1.44. The van der Waals surface area contributed by atoms with E-state index >= 15 is 0 Å². The highest BCUT2D eigenvalue weighted by Gasteiger charge is 2.02. The molecule has 0 saturated carbocycles. The Morgan fingerprint density at radius 1 is 1.31 bits per heavy atom. The average molecular weight is 260 g/mol. The Balaban J connectivity index is 1.98. The first-order chi connectivity index (χ1) is 7.83. The summed E-state index contributed by atoms with van der Waals surface area (Å²) in [4.78, 5) is 11.5. The number of hydrogen-bond acceptors (Lipinski definition) is 2. The van der Waals surface area contributed by atoms with Crippen molar-refractivity contribution in [3.63, 3.8) is 0 Å². The van der Waals surface area contributed by atoms with Gasteiger partial charge in [-0.1, -0.05) is 12.8 Å². The van der Waals surface area contributed by atoms with Gasteiger partial charge in [-0.3, -0.25) is 4.79 Å². The summed E-state index contributed by atoms with van der Waals surface area (Å²) in [6.45, 7) is 0.783. The zero-order valence-corrected chi connectivity index (χ0v) is 10.9. The number of carbonyl (C=O) groups excluding carboxylic acids is 1. The molecule has 0 fully saturated rings. The number of carbonyl (C=O) groups is 1. The van der Waals surface area contributed by atoms with Gasteiger partial charge in [-0.05, 0) is 35.2 Å². The van der Waals surface area contributed by atoms with E-state index in [0.717, 1.165) is 43.7 Å². The predicted octanol–water partition coefficient (Wildman–Crippen LogP) is 3.21. The van der Waals surface area contributed by atoms with Gasteiger partial charge in [0.05, 0.1) is 6.42 Å². The molecule has 0 spiro atoms. The molecule has 0 aromatic carbocycles. The molecule has 0 unspecified atom stereocenters. The second kappa shape index (κ2) is 8.59. The molecule has 0 aliphatic heterocycles. The minimum Gasteiger partial charge on any atom is -0.356 e. The van der Waals surface area contributed by atoms with Gasteiger partial charge in [0.15, 0.2) is 0 Å². The van der Waals surface area contributed by atoms with E-state index in [9.17, 15) is 4.79 Å². The number of rotatable bonds is 8. The standard InChI is InChI=1S/C12H18ClNOS/c13-6-3-1-2-4-7-14-12(15)9-11-5-8-16-10-11/h5,8,10H,1-4,6-7,9H2,(H,14,15). The summed E-state index contributed by atoms with van der Waals surface area (Å²) >= 11 is 7.20. The van der Waals surface area contributed by atoms with Crippen molar-refractivity contribution in [1.82, 2.24) is 5.32 Å². The maximum absolute atomic E-state index is 11.5. The Morgan fingerprint density at radius 2 is 2.12 bits per heavy atom. The number of nitrogens with one attached hydrogen (secondary N) is 1. The molecule has 0 radical (unpaired) electrons. The van der Waals surface area contributed by atoms with Crippen LogP contribution in [0.5, 0.6) is 0 Å². The molecule has 1 heterocycles. The molecule has 1 amide bonds. The summed E-state index contributed by atoms with van der Waals surface area (Å²) in [5.74, 6) is 0.862. The summed E-state index contributed by atoms with van der Waals surface area (Å²) in [6, 6.07) is 1.99. The molecule has 4 heteroatoms. The molecular weight excluding hydrogens is 242 g/mol. The smallest absolute Gasteiger partial charge is 0.224 e. The highest BCUT2D eigenvalue weighted by atomic mass is 35.5. The van der Waals surface area contributed by atoms with Gasteiger partial charge in [0.1, 0.15) is 0 Å². The van der Waals surface area contributed by atoms with E-state index in [4.69, 9.17) is 11.6 Å². The summed E-state index contributed by atoms with van der Waals surface area (Å²) in [5, 5.41) is 6.94. The van der Waals surface area contributed by atoms with Gasteiger partial charge in [0.25, 0.3) is 0 Å². The largest absolute Gasteiger partial charge is 0.356 e. The monoisotopic (exact) mass is 259 g/mol. The highest BCUT2D eigenvalue weighted by Crippen LogP contribution is 2.06. The zero-order chi connectivity index (χ0) is 11.6. The van der Waals surface area contributed by atoms with Crippen molar-refractivity contribution >= 4 is 28.8 Å². The van der Waals surface area contributed by atoms with E-state index in [1.54, 1.807) is 11.3 Å². The summed E-state index contributed by atoms with van der Waals surface area (Å²) in [6.07, 6.45) is 4.93. The third-order valence-electron chi connectivity index (χ3n) is 2.33. The highest BCUT2D eigenvalue weighted by molar-refractivity contribution is 7.07. The Bertz CT molecular complexity index is 287. The van der Waals surface area contributed by atoms with Gasteiger partial charge in [-0.2, -0.15) is 11.3 Å². The molecule has 0 aliphatic rings. The first-order valence-corrected chi connectivity index (χ1v) is 7.14. The van der Waals surface area contributed by atoms with E-state index in [0.29, 0.717) is 6.42 Å². The lowest BCUT2D eigenvalue weighted by molar-refractivity contribution is -0.120. The zero-order valence-electron chi connectivity index (χ0n) is 9.38. The van der Waals surface area contributed by atoms with Gasteiger partial charge in [-0.15, -0.1) is 11.6 Å². The van der Waals surface area contributed by atoms with Crippen molar-refractivity contribution in [2.24, 2.45) is 0 Å². The Hall–Kier alpha value is -0.540. The lowest BCUT2D eigenvalue weighted by Gasteiger charge is -2.03. The van der Waals surface area contributed by atoms with Gasteiger partial charge < -0.3 is 5.32 Å². The van der Waals surface area contributed by atoms with Crippen LogP contribution in [-0.4, -0.2) is 18.3 Å². The maximum Gasteiger partial charge on any atom is 0.224 e. The van der Waals surface area contributed by atoms with Crippen molar-refractivity contribution in [3.05, 3.63) is 22.4 Å². The molecular formula is C12H18ClNOS. The molecule has 0 aliphatic carbocycles. The number of halogens is 1. The van der Waals surface area contributed by atoms with Crippen LogP contribution in [0.3, 0.4) is 0 Å². The number of thiophene rings is 1. The van der Waals surface area contributed by atoms with Crippen LogP contribution in [0.2, 0.25) is 0 Å². The second-order valence-electron chi connectivity index (χ2n) is 3.76. The number of alkyl halides is 1. The van der Waals surface area contributed by atoms with Crippen molar-refractivity contribution in [3.8, 4) is 0 Å². The topological polar surface area (TPSA) is 29.1 Å². The SMILES string of the molecule is O=C(Cc1ccsc1)NCCCCCCCl. The summed E-state index contributed by atoms with van der Waals surface area (Å²) < 4.78 is 0. The minimum atomic E-state index is 0.121. The molecule has 0 saturated heterocycles. The lowest BCUT2D eigenvalue weighted by atomic mass is 10.2. The molecule has 1 rings (SSSR count). The Kier molecular flexibility index (Phi) is 7.26. The molecule has 16 heavy (non-hydrogen) atoms. The van der Waals surface area contributed by atoms with Crippen LogP contribution in [0.15, 0.2) is 16.8 Å². The van der Waals surface area contributed by atoms with Crippen LogP contribution in [-0.2, 0) is 11.2 Å². The third-order valence-corrected chi connectivity index (χ3v) is 3.33. The van der Waals surface area contributed by atoms with Crippen LogP contribution < -0.4 is 5.32 Å². The van der Waals surface area contributed by atoms with Gasteiger partial charge >= 0.3 is 0 Å². The first-order valence-electron chi connectivity index (χ1n) is 5.66. The fourth-order valence-corrected chi connectivity index (χ4v) is 2.30. The molecule has 0 bridgehead atoms. The molecule has 1 aromatic heterocycles. The number of unbranched alkanes of at least 4 members (excludes halogenated alkanes) is 3. The third kappa shape index (κ3) is 6.13.